The Bertz CT molecular complexity index is 729. The number of rotatable bonds is 7. The number of allylic oxidation sites excluding steroid dienone is 1. The molecular weight excluding hydrogens is 332 g/mol. The molecule has 0 aliphatic rings. The second-order valence-corrected chi connectivity index (χ2v) is 4.73. The molecule has 24 heavy (non-hydrogen) atoms. The minimum atomic E-state index is -1.98. The molecule has 1 amide bonds. The summed E-state index contributed by atoms with van der Waals surface area (Å²) >= 11 is 0. The molecule has 0 radical (unpaired) electrons. The number of azide groups is 1. The zero-order chi connectivity index (χ0) is 18.4. The molecule has 0 saturated carbocycles. The van der Waals surface area contributed by atoms with Gasteiger partial charge in [0, 0.05) is 17.9 Å². The SMILES string of the molecule is C=C(C)C(=O)CCCNC(=O)c1c(F)c(F)c(N=[N+]=[N-])c(F)c1F. The third-order valence-electron chi connectivity index (χ3n) is 2.95. The van der Waals surface area contributed by atoms with Gasteiger partial charge in [-0.3, -0.25) is 9.59 Å². The van der Waals surface area contributed by atoms with E-state index in [-0.39, 0.29) is 25.2 Å². The van der Waals surface area contributed by atoms with Crippen molar-refractivity contribution in [3.8, 4) is 0 Å². The Balaban J connectivity index is 2.94. The van der Waals surface area contributed by atoms with E-state index in [2.05, 4.69) is 11.7 Å². The Morgan fingerprint density at radius 3 is 2.17 bits per heavy atom. The van der Waals surface area contributed by atoms with Gasteiger partial charge in [0.05, 0.1) is 0 Å². The Morgan fingerprint density at radius 2 is 1.71 bits per heavy atom. The molecule has 1 aromatic rings. The topological polar surface area (TPSA) is 94.9 Å². The van der Waals surface area contributed by atoms with Gasteiger partial charge >= 0.3 is 0 Å². The highest BCUT2D eigenvalue weighted by molar-refractivity contribution is 5.95. The monoisotopic (exact) mass is 344 g/mol. The quantitative estimate of drug-likeness (QED) is 0.155. The van der Waals surface area contributed by atoms with Crippen molar-refractivity contribution in [2.24, 2.45) is 5.11 Å². The lowest BCUT2D eigenvalue weighted by atomic mass is 10.1. The molecule has 1 rings (SSSR count). The van der Waals surface area contributed by atoms with E-state index in [1.807, 2.05) is 10.2 Å². The molecule has 0 heterocycles. The van der Waals surface area contributed by atoms with Gasteiger partial charge in [0.2, 0.25) is 0 Å². The summed E-state index contributed by atoms with van der Waals surface area (Å²) in [5.74, 6) is -9.57. The number of carbonyl (C=O) groups is 2. The lowest BCUT2D eigenvalue weighted by Crippen LogP contribution is -2.27. The van der Waals surface area contributed by atoms with Crippen LogP contribution in [-0.4, -0.2) is 18.2 Å². The summed E-state index contributed by atoms with van der Waals surface area (Å²) in [7, 11) is 0. The molecule has 6 nitrogen and oxygen atoms in total. The molecule has 0 bridgehead atoms. The number of carbonyl (C=O) groups excluding carboxylic acids is 2. The Hall–Kier alpha value is -2.87. The van der Waals surface area contributed by atoms with Crippen LogP contribution in [0.1, 0.15) is 30.1 Å². The van der Waals surface area contributed by atoms with Crippen LogP contribution in [0.4, 0.5) is 23.2 Å². The molecule has 0 saturated heterocycles. The predicted molar refractivity (Wildman–Crippen MR) is 76.5 cm³/mol. The number of halogens is 4. The van der Waals surface area contributed by atoms with Crippen LogP contribution in [0.5, 0.6) is 0 Å². The second kappa shape index (κ2) is 8.11. The van der Waals surface area contributed by atoms with Gasteiger partial charge in [0.15, 0.2) is 29.1 Å². The first-order valence-electron chi connectivity index (χ1n) is 6.60. The van der Waals surface area contributed by atoms with Gasteiger partial charge in [-0.2, -0.15) is 0 Å². The van der Waals surface area contributed by atoms with Gasteiger partial charge in [-0.15, -0.1) is 0 Å². The standard InChI is InChI=1S/C14H12F4N4O2/c1-6(2)7(23)4-3-5-20-14(24)8-9(15)11(17)13(21-22-19)12(18)10(8)16/h1,3-5H2,2H3,(H,20,24). The van der Waals surface area contributed by atoms with Gasteiger partial charge < -0.3 is 5.32 Å². The zero-order valence-electron chi connectivity index (χ0n) is 12.5. The highest BCUT2D eigenvalue weighted by atomic mass is 19.2. The lowest BCUT2D eigenvalue weighted by molar-refractivity contribution is -0.115. The summed E-state index contributed by atoms with van der Waals surface area (Å²) in [6.07, 6.45) is 0.182. The van der Waals surface area contributed by atoms with Crippen LogP contribution in [0.3, 0.4) is 0 Å². The molecule has 0 aliphatic carbocycles. The normalized spacial score (nSPS) is 10.0. The molecule has 0 aliphatic heterocycles. The second-order valence-electron chi connectivity index (χ2n) is 4.73. The van der Waals surface area contributed by atoms with Crippen molar-refractivity contribution in [3.63, 3.8) is 0 Å². The zero-order valence-corrected chi connectivity index (χ0v) is 12.5. The van der Waals surface area contributed by atoms with E-state index < -0.39 is 40.4 Å². The molecular formula is C14H12F4N4O2. The molecule has 0 fully saturated rings. The average Bonchev–Trinajstić information content (AvgIpc) is 2.53. The maximum Gasteiger partial charge on any atom is 0.257 e. The van der Waals surface area contributed by atoms with Crippen LogP contribution in [-0.2, 0) is 4.79 Å². The van der Waals surface area contributed by atoms with Crippen molar-refractivity contribution in [2.45, 2.75) is 19.8 Å². The number of nitrogens with one attached hydrogen (secondary N) is 1. The number of hydrogen-bond acceptors (Lipinski definition) is 3. The minimum Gasteiger partial charge on any atom is -0.352 e. The maximum absolute atomic E-state index is 13.7. The third-order valence-corrected chi connectivity index (χ3v) is 2.95. The van der Waals surface area contributed by atoms with Crippen LogP contribution in [0, 0.1) is 23.3 Å². The van der Waals surface area contributed by atoms with Crippen LogP contribution in [0.25, 0.3) is 10.4 Å². The van der Waals surface area contributed by atoms with E-state index in [9.17, 15) is 27.2 Å². The van der Waals surface area contributed by atoms with Gasteiger partial charge in [-0.1, -0.05) is 11.7 Å². The van der Waals surface area contributed by atoms with Crippen LogP contribution >= 0.6 is 0 Å². The molecule has 128 valence electrons. The average molecular weight is 344 g/mol. The first-order valence-corrected chi connectivity index (χ1v) is 6.60. The van der Waals surface area contributed by atoms with E-state index in [0.717, 1.165) is 0 Å². The van der Waals surface area contributed by atoms with Gasteiger partial charge in [-0.05, 0) is 24.4 Å². The first-order chi connectivity index (χ1) is 11.2. The molecule has 0 aromatic heterocycles. The summed E-state index contributed by atoms with van der Waals surface area (Å²) in [6, 6.07) is 0. The fourth-order valence-electron chi connectivity index (χ4n) is 1.70. The Kier molecular flexibility index (Phi) is 6.48. The summed E-state index contributed by atoms with van der Waals surface area (Å²) in [5.41, 5.74) is 5.46. The summed E-state index contributed by atoms with van der Waals surface area (Å²) < 4.78 is 54.6. The van der Waals surface area contributed by atoms with Crippen molar-refractivity contribution in [1.82, 2.24) is 5.32 Å². The molecule has 1 N–H and O–H groups in total. The minimum absolute atomic E-state index is 0.0408. The predicted octanol–water partition coefficient (Wildman–Crippen LogP) is 3.84. The van der Waals surface area contributed by atoms with Crippen molar-refractivity contribution < 1.29 is 27.2 Å². The van der Waals surface area contributed by atoms with Crippen LogP contribution in [0.15, 0.2) is 17.3 Å². The fourth-order valence-corrected chi connectivity index (χ4v) is 1.70. The van der Waals surface area contributed by atoms with Crippen molar-refractivity contribution in [2.75, 3.05) is 6.54 Å². The smallest absolute Gasteiger partial charge is 0.257 e. The number of ketones is 1. The molecule has 0 spiro atoms. The molecule has 0 unspecified atom stereocenters. The Morgan fingerprint density at radius 1 is 1.17 bits per heavy atom. The number of Topliss-reactive ketones (excluding diaryl/α,β-unsaturated/α-hetero) is 1. The van der Waals surface area contributed by atoms with E-state index in [0.29, 0.717) is 5.57 Å². The van der Waals surface area contributed by atoms with Gasteiger partial charge in [0.25, 0.3) is 5.91 Å². The van der Waals surface area contributed by atoms with E-state index in [4.69, 9.17) is 5.53 Å². The molecule has 10 heteroatoms. The number of hydrogen-bond donors (Lipinski definition) is 1. The van der Waals surface area contributed by atoms with Crippen molar-refractivity contribution in [1.29, 1.82) is 0 Å². The van der Waals surface area contributed by atoms with E-state index in [1.165, 1.54) is 6.92 Å². The van der Waals surface area contributed by atoms with E-state index in [1.54, 1.807) is 0 Å². The largest absolute Gasteiger partial charge is 0.352 e. The molecule has 0 atom stereocenters. The van der Waals surface area contributed by atoms with E-state index >= 15 is 0 Å². The number of amides is 1. The highest BCUT2D eigenvalue weighted by Crippen LogP contribution is 2.30. The third kappa shape index (κ3) is 4.11. The highest BCUT2D eigenvalue weighted by Gasteiger charge is 2.28. The summed E-state index contributed by atoms with van der Waals surface area (Å²) in [4.78, 5) is 25.0. The van der Waals surface area contributed by atoms with Gasteiger partial charge in [-0.25, -0.2) is 17.6 Å². The number of nitrogens with zero attached hydrogens (tertiary/aromatic N) is 3. The molecule has 1 aromatic carbocycles. The van der Waals surface area contributed by atoms with Crippen LogP contribution in [0.2, 0.25) is 0 Å². The van der Waals surface area contributed by atoms with Crippen LogP contribution < -0.4 is 5.32 Å². The fraction of sp³-hybridized carbons (Fsp3) is 0.286. The maximum atomic E-state index is 13.7. The van der Waals surface area contributed by atoms with Gasteiger partial charge in [0.1, 0.15) is 11.3 Å². The summed E-state index contributed by atoms with van der Waals surface area (Å²) in [5, 5.41) is 4.56. The lowest BCUT2D eigenvalue weighted by Gasteiger charge is -2.10. The van der Waals surface area contributed by atoms with Crippen molar-refractivity contribution >= 4 is 17.4 Å². The van der Waals surface area contributed by atoms with Crippen molar-refractivity contribution in [3.05, 3.63) is 51.4 Å². The number of benzene rings is 1. The Labute approximate surface area is 133 Å². The summed E-state index contributed by atoms with van der Waals surface area (Å²) in [6.45, 7) is 4.78. The first kappa shape index (κ1) is 19.2.